The van der Waals surface area contributed by atoms with Crippen molar-refractivity contribution in [2.75, 3.05) is 17.2 Å². The first-order valence-corrected chi connectivity index (χ1v) is 11.0. The fraction of sp³-hybridized carbons (Fsp3) is 0.316. The van der Waals surface area contributed by atoms with Crippen molar-refractivity contribution in [3.63, 3.8) is 0 Å². The fourth-order valence-electron chi connectivity index (χ4n) is 2.99. The normalized spacial score (nSPS) is 13.9. The molecule has 0 spiro atoms. The number of primary sulfonamides is 1. The third kappa shape index (κ3) is 4.11. The molecule has 138 valence electrons. The highest BCUT2D eigenvalue weighted by atomic mass is 32.2. The van der Waals surface area contributed by atoms with E-state index in [0.29, 0.717) is 24.6 Å². The second-order valence-corrected chi connectivity index (χ2v) is 9.25. The molecule has 0 saturated heterocycles. The predicted molar refractivity (Wildman–Crippen MR) is 105 cm³/mol. The number of carbonyl (C=O) groups excluding carboxylic acids is 1. The van der Waals surface area contributed by atoms with Gasteiger partial charge in [-0.2, -0.15) is 0 Å². The van der Waals surface area contributed by atoms with Crippen LogP contribution in [0.3, 0.4) is 0 Å². The Balaban J connectivity index is 1.67. The Morgan fingerprint density at radius 1 is 1.19 bits per heavy atom. The molecule has 2 N–H and O–H groups in total. The minimum atomic E-state index is -3.73. The van der Waals surface area contributed by atoms with Crippen molar-refractivity contribution in [3.05, 3.63) is 53.6 Å². The molecule has 0 unspecified atom stereocenters. The van der Waals surface area contributed by atoms with Gasteiger partial charge in [-0.25, -0.2) is 13.6 Å². The molecular formula is C19H22N2O3S2. The molecule has 0 bridgehead atoms. The summed E-state index contributed by atoms with van der Waals surface area (Å²) in [5.74, 6) is 0.848. The number of nitrogens with two attached hydrogens (primary N) is 1. The molecule has 0 saturated carbocycles. The lowest BCUT2D eigenvalue weighted by atomic mass is 10.0. The maximum absolute atomic E-state index is 12.6. The lowest BCUT2D eigenvalue weighted by molar-refractivity contribution is -0.116. The van der Waals surface area contributed by atoms with Gasteiger partial charge in [0.1, 0.15) is 0 Å². The van der Waals surface area contributed by atoms with Crippen LogP contribution in [0.4, 0.5) is 5.69 Å². The number of carbonyl (C=O) groups is 1. The van der Waals surface area contributed by atoms with E-state index in [0.717, 1.165) is 16.1 Å². The molecule has 0 aliphatic carbocycles. The van der Waals surface area contributed by atoms with Crippen LogP contribution in [-0.2, 0) is 21.2 Å². The summed E-state index contributed by atoms with van der Waals surface area (Å²) in [5, 5.41) is 5.17. The largest absolute Gasteiger partial charge is 0.311 e. The molecule has 1 amide bonds. The zero-order chi connectivity index (χ0) is 18.9. The van der Waals surface area contributed by atoms with Crippen LogP contribution in [0, 0.1) is 0 Å². The van der Waals surface area contributed by atoms with E-state index in [9.17, 15) is 13.2 Å². The van der Waals surface area contributed by atoms with E-state index in [-0.39, 0.29) is 10.8 Å². The van der Waals surface area contributed by atoms with Crippen LogP contribution in [-0.4, -0.2) is 26.6 Å². The first kappa shape index (κ1) is 18.9. The Labute approximate surface area is 158 Å². The molecule has 5 nitrogen and oxygen atoms in total. The van der Waals surface area contributed by atoms with Gasteiger partial charge in [-0.1, -0.05) is 26.0 Å². The number of hydrogen-bond donors (Lipinski definition) is 1. The molecule has 0 atom stereocenters. The second kappa shape index (κ2) is 7.42. The summed E-state index contributed by atoms with van der Waals surface area (Å²) >= 11 is 1.51. The van der Waals surface area contributed by atoms with E-state index in [2.05, 4.69) is 26.0 Å². The molecule has 0 radical (unpaired) electrons. The van der Waals surface area contributed by atoms with Crippen LogP contribution in [0.1, 0.15) is 30.9 Å². The van der Waals surface area contributed by atoms with Gasteiger partial charge in [0, 0.05) is 17.1 Å². The Hall–Kier alpha value is -1.83. The highest BCUT2D eigenvalue weighted by Crippen LogP contribution is 2.31. The molecule has 2 aromatic carbocycles. The van der Waals surface area contributed by atoms with Crippen molar-refractivity contribution in [2.24, 2.45) is 5.14 Å². The molecule has 26 heavy (non-hydrogen) atoms. The number of rotatable bonds is 5. The van der Waals surface area contributed by atoms with Gasteiger partial charge in [-0.3, -0.25) is 4.79 Å². The summed E-state index contributed by atoms with van der Waals surface area (Å²) in [4.78, 5) is 15.5. The zero-order valence-corrected chi connectivity index (χ0v) is 16.4. The number of anilines is 1. The maximum atomic E-state index is 12.6. The molecule has 1 aliphatic heterocycles. The van der Waals surface area contributed by atoms with Crippen LogP contribution in [0.15, 0.2) is 52.3 Å². The summed E-state index contributed by atoms with van der Waals surface area (Å²) in [5.41, 5.74) is 2.90. The topological polar surface area (TPSA) is 80.5 Å². The molecule has 3 rings (SSSR count). The Morgan fingerprint density at radius 3 is 2.50 bits per heavy atom. The molecule has 2 aromatic rings. The number of amides is 1. The van der Waals surface area contributed by atoms with Gasteiger partial charge in [-0.15, -0.1) is 11.8 Å². The van der Waals surface area contributed by atoms with Gasteiger partial charge in [0.05, 0.1) is 10.6 Å². The third-order valence-corrected chi connectivity index (χ3v) is 6.39. The summed E-state index contributed by atoms with van der Waals surface area (Å²) in [6, 6.07) is 13.0. The quantitative estimate of drug-likeness (QED) is 0.796. The minimum Gasteiger partial charge on any atom is -0.311 e. The molecule has 0 aromatic heterocycles. The highest BCUT2D eigenvalue weighted by Gasteiger charge is 2.25. The monoisotopic (exact) mass is 390 g/mol. The number of hydrogen-bond acceptors (Lipinski definition) is 4. The SMILES string of the molecule is CC(C)c1ccc(SCC(=O)N2CCc3cc(S(N)(=O)=O)ccc32)cc1. The second-order valence-electron chi connectivity index (χ2n) is 6.64. The number of thioether (sulfide) groups is 1. The average Bonchev–Trinajstić information content (AvgIpc) is 3.02. The van der Waals surface area contributed by atoms with E-state index in [1.165, 1.54) is 23.4 Å². The van der Waals surface area contributed by atoms with E-state index >= 15 is 0 Å². The number of sulfonamides is 1. The van der Waals surface area contributed by atoms with Crippen LogP contribution in [0.2, 0.25) is 0 Å². The lowest BCUT2D eigenvalue weighted by Gasteiger charge is -2.17. The molecule has 1 heterocycles. The lowest BCUT2D eigenvalue weighted by Crippen LogP contribution is -2.30. The van der Waals surface area contributed by atoms with Gasteiger partial charge >= 0.3 is 0 Å². The van der Waals surface area contributed by atoms with Gasteiger partial charge in [0.15, 0.2) is 0 Å². The number of fused-ring (bicyclic) bond motifs is 1. The molecular weight excluding hydrogens is 368 g/mol. The van der Waals surface area contributed by atoms with Crippen molar-refractivity contribution in [1.29, 1.82) is 0 Å². The molecule has 7 heteroatoms. The van der Waals surface area contributed by atoms with Gasteiger partial charge in [0.25, 0.3) is 0 Å². The highest BCUT2D eigenvalue weighted by molar-refractivity contribution is 8.00. The zero-order valence-electron chi connectivity index (χ0n) is 14.8. The van der Waals surface area contributed by atoms with Crippen LogP contribution in [0.25, 0.3) is 0 Å². The minimum absolute atomic E-state index is 0.0186. The predicted octanol–water partition coefficient (Wildman–Crippen LogP) is 3.14. The van der Waals surface area contributed by atoms with Gasteiger partial charge in [0.2, 0.25) is 15.9 Å². The Bertz CT molecular complexity index is 922. The van der Waals surface area contributed by atoms with Crippen LogP contribution < -0.4 is 10.0 Å². The van der Waals surface area contributed by atoms with E-state index in [1.807, 2.05) is 12.1 Å². The van der Waals surface area contributed by atoms with Crippen LogP contribution in [0.5, 0.6) is 0 Å². The van der Waals surface area contributed by atoms with E-state index in [4.69, 9.17) is 5.14 Å². The summed E-state index contributed by atoms with van der Waals surface area (Å²) in [6.45, 7) is 4.87. The van der Waals surface area contributed by atoms with Crippen molar-refractivity contribution in [1.82, 2.24) is 0 Å². The smallest absolute Gasteiger partial charge is 0.238 e. The van der Waals surface area contributed by atoms with Crippen molar-refractivity contribution < 1.29 is 13.2 Å². The summed E-state index contributed by atoms with van der Waals surface area (Å²) in [7, 11) is -3.73. The van der Waals surface area contributed by atoms with Crippen molar-refractivity contribution in [3.8, 4) is 0 Å². The molecule has 1 aliphatic rings. The van der Waals surface area contributed by atoms with E-state index < -0.39 is 10.0 Å². The van der Waals surface area contributed by atoms with Crippen molar-refractivity contribution in [2.45, 2.75) is 36.0 Å². The summed E-state index contributed by atoms with van der Waals surface area (Å²) < 4.78 is 22.9. The number of benzene rings is 2. The number of nitrogens with zero attached hydrogens (tertiary/aromatic N) is 1. The third-order valence-electron chi connectivity index (χ3n) is 4.49. The fourth-order valence-corrected chi connectivity index (χ4v) is 4.32. The average molecular weight is 391 g/mol. The van der Waals surface area contributed by atoms with Crippen LogP contribution >= 0.6 is 11.8 Å². The molecule has 0 fully saturated rings. The van der Waals surface area contributed by atoms with E-state index in [1.54, 1.807) is 17.0 Å². The first-order valence-electron chi connectivity index (χ1n) is 8.44. The Morgan fingerprint density at radius 2 is 1.88 bits per heavy atom. The maximum Gasteiger partial charge on any atom is 0.238 e. The van der Waals surface area contributed by atoms with Gasteiger partial charge in [-0.05, 0) is 53.8 Å². The standard InChI is InChI=1S/C19H22N2O3S2/c1-13(2)14-3-5-16(6-4-14)25-12-19(22)21-10-9-15-11-17(26(20,23)24)7-8-18(15)21/h3-8,11,13H,9-10,12H2,1-2H3,(H2,20,23,24). The van der Waals surface area contributed by atoms with Crippen molar-refractivity contribution >= 4 is 33.4 Å². The Kier molecular flexibility index (Phi) is 5.41. The first-order chi connectivity index (χ1) is 12.3. The summed E-state index contributed by atoms with van der Waals surface area (Å²) in [6.07, 6.45) is 0.637. The van der Waals surface area contributed by atoms with Gasteiger partial charge < -0.3 is 4.90 Å².